The lowest BCUT2D eigenvalue weighted by atomic mass is 10.2. The summed E-state index contributed by atoms with van der Waals surface area (Å²) in [5.41, 5.74) is 4.99. The molecule has 2 heterocycles. The van der Waals surface area contributed by atoms with E-state index in [9.17, 15) is 19.7 Å². The molecule has 0 fully saturated rings. The molecule has 3 rings (SSSR count). The molecule has 10 heteroatoms. The molecule has 0 spiro atoms. The molecule has 9 nitrogen and oxygen atoms in total. The number of aromatic nitrogens is 2. The van der Waals surface area contributed by atoms with Gasteiger partial charge in [-0.3, -0.25) is 19.7 Å². The van der Waals surface area contributed by atoms with Gasteiger partial charge < -0.3 is 15.6 Å². The highest BCUT2D eigenvalue weighted by molar-refractivity contribution is 7.13. The Hall–Kier alpha value is -3.53. The summed E-state index contributed by atoms with van der Waals surface area (Å²) in [4.78, 5) is 38.3. The third-order valence-electron chi connectivity index (χ3n) is 3.46. The summed E-state index contributed by atoms with van der Waals surface area (Å²) >= 11 is 1.33. The summed E-state index contributed by atoms with van der Waals surface area (Å²) in [6.45, 7) is -0.0201. The number of pyridine rings is 1. The van der Waals surface area contributed by atoms with Gasteiger partial charge in [0.25, 0.3) is 17.2 Å². The number of primary amides is 1. The molecule has 0 saturated heterocycles. The van der Waals surface area contributed by atoms with E-state index in [0.717, 1.165) is 22.5 Å². The molecular formula is C16H13N5O4S. The molecule has 0 aliphatic carbocycles. The number of hydrogen-bond acceptors (Lipinski definition) is 7. The summed E-state index contributed by atoms with van der Waals surface area (Å²) in [6.07, 6.45) is 1.07. The summed E-state index contributed by atoms with van der Waals surface area (Å²) in [6, 6.07) is 10.3. The van der Waals surface area contributed by atoms with Crippen LogP contribution in [0.4, 0.5) is 16.5 Å². The number of rotatable bonds is 6. The summed E-state index contributed by atoms with van der Waals surface area (Å²) in [7, 11) is 0. The molecular weight excluding hydrogens is 358 g/mol. The number of hydrogen-bond donors (Lipinski definition) is 2. The monoisotopic (exact) mass is 371 g/mol. The van der Waals surface area contributed by atoms with Crippen molar-refractivity contribution < 1.29 is 9.72 Å². The highest BCUT2D eigenvalue weighted by Crippen LogP contribution is 2.21. The van der Waals surface area contributed by atoms with E-state index in [2.05, 4.69) is 10.3 Å². The van der Waals surface area contributed by atoms with Crippen LogP contribution in [0.1, 0.15) is 16.1 Å². The molecule has 1 aromatic carbocycles. The van der Waals surface area contributed by atoms with E-state index in [0.29, 0.717) is 10.8 Å². The van der Waals surface area contributed by atoms with E-state index in [-0.39, 0.29) is 6.54 Å². The first-order chi connectivity index (χ1) is 12.4. The van der Waals surface area contributed by atoms with E-state index < -0.39 is 27.6 Å². The molecule has 26 heavy (non-hydrogen) atoms. The summed E-state index contributed by atoms with van der Waals surface area (Å²) in [5, 5.41) is 16.5. The van der Waals surface area contributed by atoms with Gasteiger partial charge in [0.1, 0.15) is 5.56 Å². The zero-order valence-corrected chi connectivity index (χ0v) is 14.1. The predicted octanol–water partition coefficient (Wildman–Crippen LogP) is 2.10. The number of anilines is 2. The first-order valence-corrected chi connectivity index (χ1v) is 8.27. The van der Waals surface area contributed by atoms with Crippen molar-refractivity contribution in [2.24, 2.45) is 5.73 Å². The zero-order chi connectivity index (χ0) is 18.7. The van der Waals surface area contributed by atoms with Crippen LogP contribution in [0.3, 0.4) is 0 Å². The fourth-order valence-electron chi connectivity index (χ4n) is 2.27. The lowest BCUT2D eigenvalue weighted by Gasteiger charge is -2.05. The van der Waals surface area contributed by atoms with Crippen molar-refractivity contribution in [1.29, 1.82) is 0 Å². The van der Waals surface area contributed by atoms with Crippen molar-refractivity contribution in [3.05, 3.63) is 79.7 Å². The van der Waals surface area contributed by atoms with E-state index in [1.54, 1.807) is 5.38 Å². The van der Waals surface area contributed by atoms with Crippen LogP contribution in [-0.4, -0.2) is 20.4 Å². The minimum atomic E-state index is -1.02. The number of para-hydroxylation sites is 1. The van der Waals surface area contributed by atoms with E-state index in [1.165, 1.54) is 11.3 Å². The Kier molecular flexibility index (Phi) is 4.76. The molecule has 0 aliphatic rings. The van der Waals surface area contributed by atoms with Crippen LogP contribution in [0.5, 0.6) is 0 Å². The van der Waals surface area contributed by atoms with Gasteiger partial charge in [-0.2, -0.15) is 0 Å². The van der Waals surface area contributed by atoms with Crippen LogP contribution in [0.15, 0.2) is 52.8 Å². The first kappa shape index (κ1) is 17.3. The molecule has 3 N–H and O–H groups in total. The van der Waals surface area contributed by atoms with Crippen molar-refractivity contribution in [2.75, 3.05) is 5.32 Å². The Morgan fingerprint density at radius 1 is 1.35 bits per heavy atom. The molecule has 1 amide bonds. The van der Waals surface area contributed by atoms with Crippen LogP contribution in [0, 0.1) is 10.1 Å². The highest BCUT2D eigenvalue weighted by atomic mass is 32.1. The average Bonchev–Trinajstić information content (AvgIpc) is 3.04. The van der Waals surface area contributed by atoms with Crippen molar-refractivity contribution in [1.82, 2.24) is 9.55 Å². The van der Waals surface area contributed by atoms with Crippen molar-refractivity contribution in [2.45, 2.75) is 6.54 Å². The summed E-state index contributed by atoms with van der Waals surface area (Å²) in [5.74, 6) is -1.02. The second-order valence-electron chi connectivity index (χ2n) is 5.30. The van der Waals surface area contributed by atoms with Gasteiger partial charge in [-0.1, -0.05) is 18.2 Å². The van der Waals surface area contributed by atoms with Crippen molar-refractivity contribution in [3.8, 4) is 0 Å². The molecule has 2 aromatic heterocycles. The standard InChI is InChI=1S/C16H13N5O4S/c17-14(22)13-6-12(21(24)25)8-20(15(13)23)7-11-9-26-16(19-11)18-10-4-2-1-3-5-10/h1-6,8-9H,7H2,(H2,17,22)(H,18,19). The Morgan fingerprint density at radius 3 is 2.73 bits per heavy atom. The minimum Gasteiger partial charge on any atom is -0.365 e. The summed E-state index contributed by atoms with van der Waals surface area (Å²) < 4.78 is 1.06. The van der Waals surface area contributed by atoms with Crippen LogP contribution in [0.25, 0.3) is 0 Å². The van der Waals surface area contributed by atoms with Crippen LogP contribution >= 0.6 is 11.3 Å². The second kappa shape index (κ2) is 7.15. The van der Waals surface area contributed by atoms with Gasteiger partial charge in [-0.25, -0.2) is 4.98 Å². The quantitative estimate of drug-likeness (QED) is 0.503. The number of nitro groups is 1. The van der Waals surface area contributed by atoms with E-state index in [4.69, 9.17) is 5.73 Å². The molecule has 0 bridgehead atoms. The number of carbonyl (C=O) groups is 1. The topological polar surface area (TPSA) is 133 Å². The fraction of sp³-hybridized carbons (Fsp3) is 0.0625. The Labute approximate surface area is 150 Å². The third-order valence-corrected chi connectivity index (χ3v) is 4.26. The number of carbonyl (C=O) groups excluding carboxylic acids is 1. The van der Waals surface area contributed by atoms with Gasteiger partial charge in [-0.05, 0) is 12.1 Å². The van der Waals surface area contributed by atoms with Gasteiger partial charge in [0, 0.05) is 17.1 Å². The van der Waals surface area contributed by atoms with Crippen molar-refractivity contribution in [3.63, 3.8) is 0 Å². The molecule has 0 atom stereocenters. The lowest BCUT2D eigenvalue weighted by Crippen LogP contribution is -2.30. The Bertz CT molecular complexity index is 1030. The molecule has 0 radical (unpaired) electrons. The van der Waals surface area contributed by atoms with Gasteiger partial charge in [0.05, 0.1) is 23.4 Å². The second-order valence-corrected chi connectivity index (χ2v) is 6.16. The van der Waals surface area contributed by atoms with E-state index >= 15 is 0 Å². The minimum absolute atomic E-state index is 0.0201. The number of amides is 1. The maximum Gasteiger partial charge on any atom is 0.286 e. The Morgan fingerprint density at radius 2 is 2.08 bits per heavy atom. The zero-order valence-electron chi connectivity index (χ0n) is 13.3. The lowest BCUT2D eigenvalue weighted by molar-refractivity contribution is -0.385. The van der Waals surface area contributed by atoms with Crippen LogP contribution < -0.4 is 16.6 Å². The number of nitrogens with zero attached hydrogens (tertiary/aromatic N) is 3. The maximum absolute atomic E-state index is 12.3. The fourth-order valence-corrected chi connectivity index (χ4v) is 2.99. The molecule has 132 valence electrons. The number of nitrogens with two attached hydrogens (primary N) is 1. The SMILES string of the molecule is NC(=O)c1cc([N+](=O)[O-])cn(Cc2csc(Nc3ccccc3)n2)c1=O. The molecule has 3 aromatic rings. The maximum atomic E-state index is 12.3. The van der Waals surface area contributed by atoms with Crippen molar-refractivity contribution >= 4 is 33.8 Å². The van der Waals surface area contributed by atoms with Gasteiger partial charge in [0.15, 0.2) is 5.13 Å². The number of thiazole rings is 1. The number of nitrogens with one attached hydrogen (secondary N) is 1. The van der Waals surface area contributed by atoms with E-state index in [1.807, 2.05) is 30.3 Å². The van der Waals surface area contributed by atoms with Gasteiger partial charge in [0.2, 0.25) is 0 Å². The average molecular weight is 371 g/mol. The number of benzene rings is 1. The van der Waals surface area contributed by atoms with Gasteiger partial charge >= 0.3 is 0 Å². The first-order valence-electron chi connectivity index (χ1n) is 7.39. The largest absolute Gasteiger partial charge is 0.365 e. The molecule has 0 aliphatic heterocycles. The predicted molar refractivity (Wildman–Crippen MR) is 96.8 cm³/mol. The van der Waals surface area contributed by atoms with Crippen LogP contribution in [-0.2, 0) is 6.54 Å². The smallest absolute Gasteiger partial charge is 0.286 e. The van der Waals surface area contributed by atoms with Crippen LogP contribution in [0.2, 0.25) is 0 Å². The molecule has 0 unspecified atom stereocenters. The third kappa shape index (κ3) is 3.75. The highest BCUT2D eigenvalue weighted by Gasteiger charge is 2.18. The molecule has 0 saturated carbocycles. The van der Waals surface area contributed by atoms with Gasteiger partial charge in [-0.15, -0.1) is 11.3 Å². The normalized spacial score (nSPS) is 10.5. The Balaban J connectivity index is 1.88.